The lowest BCUT2D eigenvalue weighted by Crippen LogP contribution is -2.43. The second-order valence-corrected chi connectivity index (χ2v) is 9.46. The zero-order valence-electron chi connectivity index (χ0n) is 9.16. The minimum absolute atomic E-state index is 1.02. The first-order valence-corrected chi connectivity index (χ1v) is 8.94. The number of hydrogen-bond acceptors (Lipinski definition) is 1. The van der Waals surface area contributed by atoms with Gasteiger partial charge in [0.15, 0.2) is 0 Å². The molecule has 2 heteroatoms. The van der Waals surface area contributed by atoms with Crippen LogP contribution >= 0.6 is 12.6 Å². The van der Waals surface area contributed by atoms with Crippen molar-refractivity contribution in [2.75, 3.05) is 5.75 Å². The molecular formula is C12H20SSi. The molecule has 0 nitrogen and oxygen atoms in total. The SMILES string of the molecule is CC[Si](C)(CCCS)c1ccccc1. The lowest BCUT2D eigenvalue weighted by molar-refractivity contribution is 1.06. The first-order chi connectivity index (χ1) is 6.73. The second-order valence-electron chi connectivity index (χ2n) is 4.11. The van der Waals surface area contributed by atoms with E-state index in [1.165, 1.54) is 18.5 Å². The maximum absolute atomic E-state index is 4.31. The molecule has 1 rings (SSSR count). The lowest BCUT2D eigenvalue weighted by atomic mass is 10.4. The third kappa shape index (κ3) is 2.89. The Kier molecular flexibility index (Phi) is 4.76. The third-order valence-corrected chi connectivity index (χ3v) is 8.20. The summed E-state index contributed by atoms with van der Waals surface area (Å²) in [7, 11) is -1.17. The maximum Gasteiger partial charge on any atom is 0.0834 e. The van der Waals surface area contributed by atoms with Crippen molar-refractivity contribution in [1.29, 1.82) is 0 Å². The van der Waals surface area contributed by atoms with Gasteiger partial charge in [0.2, 0.25) is 0 Å². The van der Waals surface area contributed by atoms with Crippen molar-refractivity contribution in [3.05, 3.63) is 30.3 Å². The molecule has 1 atom stereocenters. The van der Waals surface area contributed by atoms with Crippen molar-refractivity contribution in [2.45, 2.75) is 32.0 Å². The Morgan fingerprint density at radius 1 is 1.21 bits per heavy atom. The van der Waals surface area contributed by atoms with Crippen LogP contribution in [-0.4, -0.2) is 13.8 Å². The van der Waals surface area contributed by atoms with Crippen LogP contribution in [0, 0.1) is 0 Å². The molecule has 0 heterocycles. The van der Waals surface area contributed by atoms with E-state index >= 15 is 0 Å². The Morgan fingerprint density at radius 3 is 2.36 bits per heavy atom. The van der Waals surface area contributed by atoms with Crippen LogP contribution in [-0.2, 0) is 0 Å². The number of benzene rings is 1. The molecule has 0 radical (unpaired) electrons. The van der Waals surface area contributed by atoms with E-state index in [-0.39, 0.29) is 0 Å². The van der Waals surface area contributed by atoms with E-state index in [2.05, 4.69) is 56.4 Å². The van der Waals surface area contributed by atoms with Crippen LogP contribution in [0.4, 0.5) is 0 Å². The van der Waals surface area contributed by atoms with Gasteiger partial charge in [0, 0.05) is 0 Å². The summed E-state index contributed by atoms with van der Waals surface area (Å²) in [6.45, 7) is 4.82. The highest BCUT2D eigenvalue weighted by Crippen LogP contribution is 2.17. The van der Waals surface area contributed by atoms with Gasteiger partial charge in [-0.3, -0.25) is 0 Å². The van der Waals surface area contributed by atoms with Crippen molar-refractivity contribution < 1.29 is 0 Å². The van der Waals surface area contributed by atoms with Gasteiger partial charge in [0.1, 0.15) is 0 Å². The normalized spacial score (nSPS) is 15.1. The summed E-state index contributed by atoms with van der Waals surface area (Å²) >= 11 is 4.31. The van der Waals surface area contributed by atoms with Gasteiger partial charge in [0.25, 0.3) is 0 Å². The minimum atomic E-state index is -1.17. The molecule has 0 aliphatic rings. The van der Waals surface area contributed by atoms with Crippen LogP contribution in [0.15, 0.2) is 30.3 Å². The van der Waals surface area contributed by atoms with E-state index in [1.807, 2.05) is 0 Å². The third-order valence-electron chi connectivity index (χ3n) is 3.14. The van der Waals surface area contributed by atoms with Gasteiger partial charge >= 0.3 is 0 Å². The molecule has 0 saturated heterocycles. The largest absolute Gasteiger partial charge is 0.179 e. The summed E-state index contributed by atoms with van der Waals surface area (Å²) in [5.74, 6) is 1.02. The molecule has 0 bridgehead atoms. The van der Waals surface area contributed by atoms with Crippen molar-refractivity contribution >= 4 is 25.9 Å². The summed E-state index contributed by atoms with van der Waals surface area (Å²) < 4.78 is 0. The summed E-state index contributed by atoms with van der Waals surface area (Å²) in [6, 6.07) is 13.7. The molecule has 0 fully saturated rings. The topological polar surface area (TPSA) is 0 Å². The van der Waals surface area contributed by atoms with Crippen molar-refractivity contribution in [1.82, 2.24) is 0 Å². The Morgan fingerprint density at radius 2 is 1.86 bits per heavy atom. The molecule has 14 heavy (non-hydrogen) atoms. The van der Waals surface area contributed by atoms with Crippen LogP contribution in [0.25, 0.3) is 0 Å². The molecule has 0 aliphatic heterocycles. The predicted molar refractivity (Wildman–Crippen MR) is 71.5 cm³/mol. The van der Waals surface area contributed by atoms with Crippen molar-refractivity contribution in [2.24, 2.45) is 0 Å². The molecule has 78 valence electrons. The van der Waals surface area contributed by atoms with Crippen LogP contribution < -0.4 is 5.19 Å². The highest BCUT2D eigenvalue weighted by atomic mass is 32.1. The fraction of sp³-hybridized carbons (Fsp3) is 0.500. The first-order valence-electron chi connectivity index (χ1n) is 5.39. The van der Waals surface area contributed by atoms with Gasteiger partial charge in [-0.1, -0.05) is 61.1 Å². The predicted octanol–water partition coefficient (Wildman–Crippen LogP) is 3.31. The highest BCUT2D eigenvalue weighted by Gasteiger charge is 2.25. The first kappa shape index (κ1) is 11.9. The smallest absolute Gasteiger partial charge is 0.0834 e. The number of hydrogen-bond donors (Lipinski definition) is 1. The van der Waals surface area contributed by atoms with Gasteiger partial charge in [-0.25, -0.2) is 0 Å². The van der Waals surface area contributed by atoms with E-state index in [9.17, 15) is 0 Å². The van der Waals surface area contributed by atoms with Crippen LogP contribution in [0.1, 0.15) is 13.3 Å². The van der Waals surface area contributed by atoms with Gasteiger partial charge in [0.05, 0.1) is 8.07 Å². The lowest BCUT2D eigenvalue weighted by Gasteiger charge is -2.26. The molecular weight excluding hydrogens is 204 g/mol. The minimum Gasteiger partial charge on any atom is -0.179 e. The Hall–Kier alpha value is -0.213. The van der Waals surface area contributed by atoms with E-state index in [1.54, 1.807) is 5.19 Å². The molecule has 0 N–H and O–H groups in total. The molecule has 0 aromatic heterocycles. The van der Waals surface area contributed by atoms with Crippen molar-refractivity contribution in [3.8, 4) is 0 Å². The summed E-state index contributed by atoms with van der Waals surface area (Å²) in [5, 5.41) is 1.60. The van der Waals surface area contributed by atoms with E-state index in [0.29, 0.717) is 0 Å². The second kappa shape index (κ2) is 5.62. The molecule has 1 aromatic rings. The monoisotopic (exact) mass is 224 g/mol. The quantitative estimate of drug-likeness (QED) is 0.576. The van der Waals surface area contributed by atoms with Crippen LogP contribution in [0.5, 0.6) is 0 Å². The summed E-state index contributed by atoms with van der Waals surface area (Å²) in [5.41, 5.74) is 0. The van der Waals surface area contributed by atoms with Crippen LogP contribution in [0.3, 0.4) is 0 Å². The molecule has 0 spiro atoms. The summed E-state index contributed by atoms with van der Waals surface area (Å²) in [4.78, 5) is 0. The van der Waals surface area contributed by atoms with Gasteiger partial charge in [-0.05, 0) is 12.2 Å². The number of rotatable bonds is 5. The fourth-order valence-electron chi connectivity index (χ4n) is 1.83. The average Bonchev–Trinajstić information content (AvgIpc) is 2.27. The van der Waals surface area contributed by atoms with E-state index < -0.39 is 8.07 Å². The molecule has 0 amide bonds. The fourth-order valence-corrected chi connectivity index (χ4v) is 5.30. The Labute approximate surface area is 94.2 Å². The highest BCUT2D eigenvalue weighted by molar-refractivity contribution is 7.80. The maximum atomic E-state index is 4.31. The summed E-state index contributed by atoms with van der Waals surface area (Å²) in [6.07, 6.45) is 1.26. The van der Waals surface area contributed by atoms with Gasteiger partial charge in [-0.2, -0.15) is 12.6 Å². The zero-order chi connectivity index (χ0) is 10.4. The van der Waals surface area contributed by atoms with Gasteiger partial charge in [-0.15, -0.1) is 0 Å². The molecule has 0 saturated carbocycles. The van der Waals surface area contributed by atoms with Crippen molar-refractivity contribution in [3.63, 3.8) is 0 Å². The zero-order valence-corrected chi connectivity index (χ0v) is 11.1. The Bertz CT molecular complexity index is 260. The van der Waals surface area contributed by atoms with Crippen LogP contribution in [0.2, 0.25) is 18.6 Å². The Balaban J connectivity index is 2.79. The molecule has 1 aromatic carbocycles. The average molecular weight is 224 g/mol. The van der Waals surface area contributed by atoms with E-state index in [0.717, 1.165) is 5.75 Å². The molecule has 0 aliphatic carbocycles. The van der Waals surface area contributed by atoms with E-state index in [4.69, 9.17) is 0 Å². The standard InChI is InChI=1S/C12H20SSi/c1-3-14(2,11-7-10-13)12-8-5-4-6-9-12/h4-6,8-9,13H,3,7,10-11H2,1-2H3. The van der Waals surface area contributed by atoms with Gasteiger partial charge < -0.3 is 0 Å². The number of thiol groups is 1. The molecule has 1 unspecified atom stereocenters.